The van der Waals surface area contributed by atoms with Gasteiger partial charge in [0.2, 0.25) is 11.8 Å². The third-order valence-electron chi connectivity index (χ3n) is 8.39. The number of imide groups is 2. The molecule has 7 rings (SSSR count). The van der Waals surface area contributed by atoms with E-state index in [1.165, 1.54) is 36.9 Å². The van der Waals surface area contributed by atoms with Crippen molar-refractivity contribution in [1.82, 2.24) is 20.0 Å². The number of rotatable bonds is 7. The molecule has 3 aliphatic carbocycles. The second-order valence-electron chi connectivity index (χ2n) is 11.1. The summed E-state index contributed by atoms with van der Waals surface area (Å²) >= 11 is 0. The molecule has 4 fully saturated rings. The zero-order chi connectivity index (χ0) is 24.6. The third-order valence-corrected chi connectivity index (χ3v) is 8.39. The molecule has 2 aromatic rings. The quantitative estimate of drug-likeness (QED) is 0.581. The van der Waals surface area contributed by atoms with Crippen molar-refractivity contribution in [2.24, 2.45) is 5.92 Å². The van der Waals surface area contributed by atoms with Crippen LogP contribution in [0.2, 0.25) is 0 Å². The molecule has 1 saturated heterocycles. The first kappa shape index (κ1) is 21.8. The molecular weight excluding hydrogens is 458 g/mol. The van der Waals surface area contributed by atoms with Gasteiger partial charge in [-0.25, -0.2) is 0 Å². The largest absolute Gasteiger partial charge is 0.385 e. The van der Waals surface area contributed by atoms with E-state index < -0.39 is 23.8 Å². The number of carbonyl (C=O) groups excluding carboxylic acids is 4. The lowest BCUT2D eigenvalue weighted by Gasteiger charge is -2.35. The van der Waals surface area contributed by atoms with E-state index >= 15 is 0 Å². The van der Waals surface area contributed by atoms with Gasteiger partial charge in [-0.2, -0.15) is 5.10 Å². The maximum absolute atomic E-state index is 13.0. The Labute approximate surface area is 208 Å². The van der Waals surface area contributed by atoms with Crippen LogP contribution in [0, 0.1) is 5.92 Å². The Morgan fingerprint density at radius 1 is 0.944 bits per heavy atom. The van der Waals surface area contributed by atoms with Crippen molar-refractivity contribution in [3.63, 3.8) is 0 Å². The number of anilines is 1. The predicted molar refractivity (Wildman–Crippen MR) is 130 cm³/mol. The molecule has 5 aliphatic rings. The van der Waals surface area contributed by atoms with Gasteiger partial charge in [0.15, 0.2) is 0 Å². The van der Waals surface area contributed by atoms with Crippen molar-refractivity contribution >= 4 is 29.3 Å². The van der Waals surface area contributed by atoms with E-state index in [1.54, 1.807) is 12.1 Å². The van der Waals surface area contributed by atoms with Crippen molar-refractivity contribution in [3.8, 4) is 0 Å². The summed E-state index contributed by atoms with van der Waals surface area (Å²) in [5.41, 5.74) is 4.26. The number of carbonyl (C=O) groups is 4. The summed E-state index contributed by atoms with van der Waals surface area (Å²) in [5, 5.41) is 10.6. The van der Waals surface area contributed by atoms with Crippen LogP contribution in [0.4, 0.5) is 5.69 Å². The SMILES string of the molecule is O=C1CCC(N2C(=O)c3ccc(NC[C@H]4C[C@H](n5cc(C6CC6)c(C6CC6)n5)C4)cc3C2=O)C(=O)N1. The molecule has 1 aromatic carbocycles. The zero-order valence-corrected chi connectivity index (χ0v) is 20.0. The Hall–Kier alpha value is -3.49. The van der Waals surface area contributed by atoms with Gasteiger partial charge in [-0.15, -0.1) is 0 Å². The number of aromatic nitrogens is 2. The van der Waals surface area contributed by atoms with E-state index in [0.717, 1.165) is 35.9 Å². The van der Waals surface area contributed by atoms with Crippen molar-refractivity contribution in [2.75, 3.05) is 11.9 Å². The average molecular weight is 488 g/mol. The normalized spacial score (nSPS) is 27.7. The van der Waals surface area contributed by atoms with Crippen LogP contribution >= 0.6 is 0 Å². The van der Waals surface area contributed by atoms with Gasteiger partial charge in [0.1, 0.15) is 6.04 Å². The van der Waals surface area contributed by atoms with Crippen LogP contribution in [0.25, 0.3) is 0 Å². The number of amides is 4. The van der Waals surface area contributed by atoms with Crippen molar-refractivity contribution in [2.45, 2.75) is 75.3 Å². The summed E-state index contributed by atoms with van der Waals surface area (Å²) in [7, 11) is 0. The van der Waals surface area contributed by atoms with Crippen molar-refractivity contribution in [1.29, 1.82) is 0 Å². The Morgan fingerprint density at radius 2 is 1.69 bits per heavy atom. The molecule has 36 heavy (non-hydrogen) atoms. The van der Waals surface area contributed by atoms with E-state index in [0.29, 0.717) is 29.0 Å². The highest BCUT2D eigenvalue weighted by atomic mass is 16.2. The monoisotopic (exact) mass is 487 g/mol. The molecule has 9 nitrogen and oxygen atoms in total. The fourth-order valence-electron chi connectivity index (χ4n) is 5.92. The number of fused-ring (bicyclic) bond motifs is 1. The standard InChI is InChI=1S/C27H29N5O4/c33-23-8-7-22(25(34)29-23)32-26(35)19-6-5-17(11-20(19)27(32)36)28-12-14-9-18(10-14)31-13-21(15-1-2-15)24(30-31)16-3-4-16/h5-6,11,13-16,18,22,28H,1-4,7-10,12H2,(H,29,33,34)/t14-,18-,22?. The molecule has 4 amide bonds. The Bertz CT molecular complexity index is 1270. The molecule has 3 saturated carbocycles. The molecule has 2 N–H and O–H groups in total. The van der Waals surface area contributed by atoms with Crippen LogP contribution < -0.4 is 10.6 Å². The minimum Gasteiger partial charge on any atom is -0.385 e. The highest BCUT2D eigenvalue weighted by molar-refractivity contribution is 6.23. The lowest BCUT2D eigenvalue weighted by molar-refractivity contribution is -0.136. The van der Waals surface area contributed by atoms with E-state index in [9.17, 15) is 19.2 Å². The zero-order valence-electron chi connectivity index (χ0n) is 20.0. The van der Waals surface area contributed by atoms with Gasteiger partial charge in [-0.05, 0) is 80.5 Å². The van der Waals surface area contributed by atoms with Crippen LogP contribution in [0.1, 0.15) is 101 Å². The van der Waals surface area contributed by atoms with Crippen LogP contribution in [0.5, 0.6) is 0 Å². The first-order valence-electron chi connectivity index (χ1n) is 13.1. The number of hydrogen-bond donors (Lipinski definition) is 2. The highest BCUT2D eigenvalue weighted by Crippen LogP contribution is 2.50. The van der Waals surface area contributed by atoms with Gasteiger partial charge in [-0.1, -0.05) is 0 Å². The van der Waals surface area contributed by atoms with Crippen molar-refractivity contribution < 1.29 is 19.2 Å². The number of nitrogens with zero attached hydrogens (tertiary/aromatic N) is 3. The van der Waals surface area contributed by atoms with E-state index in [-0.39, 0.29) is 18.7 Å². The molecular formula is C27H29N5O4. The minimum absolute atomic E-state index is 0.112. The minimum atomic E-state index is -0.943. The topological polar surface area (TPSA) is 113 Å². The van der Waals surface area contributed by atoms with Crippen LogP contribution in [0.15, 0.2) is 24.4 Å². The van der Waals surface area contributed by atoms with Gasteiger partial charge < -0.3 is 5.32 Å². The first-order chi connectivity index (χ1) is 17.5. The summed E-state index contributed by atoms with van der Waals surface area (Å²) in [4.78, 5) is 50.6. The third kappa shape index (κ3) is 3.63. The summed E-state index contributed by atoms with van der Waals surface area (Å²) in [6.45, 7) is 0.792. The second kappa shape index (κ2) is 8.01. The van der Waals surface area contributed by atoms with Gasteiger partial charge >= 0.3 is 0 Å². The van der Waals surface area contributed by atoms with Crippen LogP contribution in [-0.4, -0.2) is 50.9 Å². The fraction of sp³-hybridized carbons (Fsp3) is 0.519. The maximum Gasteiger partial charge on any atom is 0.262 e. The smallest absolute Gasteiger partial charge is 0.262 e. The van der Waals surface area contributed by atoms with Gasteiger partial charge in [0, 0.05) is 30.8 Å². The molecule has 9 heteroatoms. The molecule has 1 aromatic heterocycles. The summed E-state index contributed by atoms with van der Waals surface area (Å²) in [6.07, 6.45) is 9.93. The fourth-order valence-corrected chi connectivity index (χ4v) is 5.92. The highest BCUT2D eigenvalue weighted by Gasteiger charge is 2.45. The number of nitrogens with one attached hydrogen (secondary N) is 2. The molecule has 1 unspecified atom stereocenters. The lowest BCUT2D eigenvalue weighted by atomic mass is 9.80. The number of piperidine rings is 1. The second-order valence-corrected chi connectivity index (χ2v) is 11.1. The van der Waals surface area contributed by atoms with Gasteiger partial charge in [-0.3, -0.25) is 34.1 Å². The lowest BCUT2D eigenvalue weighted by Crippen LogP contribution is -2.54. The van der Waals surface area contributed by atoms with Crippen LogP contribution in [0.3, 0.4) is 0 Å². The molecule has 1 atom stereocenters. The predicted octanol–water partition coefficient (Wildman–Crippen LogP) is 3.10. The summed E-state index contributed by atoms with van der Waals surface area (Å²) < 4.78 is 2.22. The number of benzene rings is 1. The molecule has 0 spiro atoms. The number of hydrogen-bond acceptors (Lipinski definition) is 6. The van der Waals surface area contributed by atoms with Crippen LogP contribution in [-0.2, 0) is 9.59 Å². The first-order valence-corrected chi connectivity index (χ1v) is 13.1. The maximum atomic E-state index is 13.0. The average Bonchev–Trinajstić information content (AvgIpc) is 3.77. The molecule has 186 valence electrons. The summed E-state index contributed by atoms with van der Waals surface area (Å²) in [5.74, 6) is 0.0355. The van der Waals surface area contributed by atoms with Gasteiger partial charge in [0.05, 0.1) is 22.9 Å². The van der Waals surface area contributed by atoms with E-state index in [4.69, 9.17) is 5.10 Å². The molecule has 3 heterocycles. The van der Waals surface area contributed by atoms with Gasteiger partial charge in [0.25, 0.3) is 11.8 Å². The Balaban J connectivity index is 0.977. The molecule has 0 bridgehead atoms. The van der Waals surface area contributed by atoms with E-state index in [2.05, 4.69) is 21.5 Å². The Morgan fingerprint density at radius 3 is 2.42 bits per heavy atom. The van der Waals surface area contributed by atoms with Crippen molar-refractivity contribution in [3.05, 3.63) is 46.8 Å². The van der Waals surface area contributed by atoms with E-state index in [1.807, 2.05) is 6.07 Å². The Kier molecular flexibility index (Phi) is 4.84. The molecule has 0 radical (unpaired) electrons. The summed E-state index contributed by atoms with van der Waals surface area (Å²) in [6, 6.07) is 4.68. The molecule has 2 aliphatic heterocycles.